The first-order valence-corrected chi connectivity index (χ1v) is 9.15. The Morgan fingerprint density at radius 1 is 0.786 bits per heavy atom. The highest BCUT2D eigenvalue weighted by Crippen LogP contribution is 2.08. The molecule has 0 saturated heterocycles. The highest BCUT2D eigenvalue weighted by molar-refractivity contribution is 5.97. The summed E-state index contributed by atoms with van der Waals surface area (Å²) >= 11 is 0. The monoisotopic (exact) mass is 386 g/mol. The SMILES string of the molecule is C/C(=N\NC(=O)CCCCC(=O)N/N=C(\C)c1ccc(C)o1)c1ccc(C)o1. The quantitative estimate of drug-likeness (QED) is 0.391. The minimum atomic E-state index is -0.204. The predicted molar refractivity (Wildman–Crippen MR) is 106 cm³/mol. The minimum absolute atomic E-state index is 0.204. The van der Waals surface area contributed by atoms with Crippen LogP contribution in [0, 0.1) is 13.8 Å². The summed E-state index contributed by atoms with van der Waals surface area (Å²) in [4.78, 5) is 23.6. The van der Waals surface area contributed by atoms with E-state index in [2.05, 4.69) is 21.1 Å². The normalized spacial score (nSPS) is 12.1. The number of carbonyl (C=O) groups excluding carboxylic acids is 2. The van der Waals surface area contributed by atoms with Crippen LogP contribution in [-0.4, -0.2) is 23.2 Å². The lowest BCUT2D eigenvalue weighted by Crippen LogP contribution is -2.20. The van der Waals surface area contributed by atoms with Crippen molar-refractivity contribution in [2.24, 2.45) is 10.2 Å². The van der Waals surface area contributed by atoms with E-state index >= 15 is 0 Å². The van der Waals surface area contributed by atoms with Crippen LogP contribution in [0.15, 0.2) is 43.3 Å². The van der Waals surface area contributed by atoms with E-state index in [-0.39, 0.29) is 24.7 Å². The van der Waals surface area contributed by atoms with Crippen LogP contribution in [0.1, 0.15) is 62.6 Å². The number of aryl methyl sites for hydroxylation is 2. The van der Waals surface area contributed by atoms with Crippen molar-refractivity contribution >= 4 is 23.2 Å². The van der Waals surface area contributed by atoms with E-state index in [1.165, 1.54) is 0 Å². The highest BCUT2D eigenvalue weighted by atomic mass is 16.3. The van der Waals surface area contributed by atoms with Gasteiger partial charge in [-0.25, -0.2) is 10.9 Å². The molecule has 2 N–H and O–H groups in total. The average Bonchev–Trinajstić information content (AvgIpc) is 3.29. The summed E-state index contributed by atoms with van der Waals surface area (Å²) in [7, 11) is 0. The van der Waals surface area contributed by atoms with Crippen LogP contribution in [0.5, 0.6) is 0 Å². The number of carbonyl (C=O) groups is 2. The zero-order valence-corrected chi connectivity index (χ0v) is 16.7. The van der Waals surface area contributed by atoms with E-state index in [0.29, 0.717) is 35.8 Å². The van der Waals surface area contributed by atoms with Crippen molar-refractivity contribution in [2.75, 3.05) is 0 Å². The van der Waals surface area contributed by atoms with Crippen LogP contribution in [-0.2, 0) is 9.59 Å². The third-order valence-electron chi connectivity index (χ3n) is 3.95. The number of hydrogen-bond acceptors (Lipinski definition) is 6. The molecule has 0 fully saturated rings. The maximum atomic E-state index is 11.8. The highest BCUT2D eigenvalue weighted by Gasteiger charge is 2.07. The molecule has 8 nitrogen and oxygen atoms in total. The molecule has 2 rings (SSSR count). The fourth-order valence-corrected chi connectivity index (χ4v) is 2.34. The molecule has 0 atom stereocenters. The smallest absolute Gasteiger partial charge is 0.240 e. The molecule has 0 spiro atoms. The van der Waals surface area contributed by atoms with Gasteiger partial charge in [0.2, 0.25) is 11.8 Å². The molecule has 0 unspecified atom stereocenters. The van der Waals surface area contributed by atoms with E-state index < -0.39 is 0 Å². The lowest BCUT2D eigenvalue weighted by Gasteiger charge is -2.03. The van der Waals surface area contributed by atoms with Gasteiger partial charge in [-0.2, -0.15) is 10.2 Å². The van der Waals surface area contributed by atoms with Crippen molar-refractivity contribution in [3.05, 3.63) is 47.3 Å². The first-order chi connectivity index (χ1) is 13.3. The summed E-state index contributed by atoms with van der Waals surface area (Å²) < 4.78 is 10.9. The summed E-state index contributed by atoms with van der Waals surface area (Å²) in [6.45, 7) is 7.21. The molecule has 0 aliphatic carbocycles. The molecule has 2 amide bonds. The van der Waals surface area contributed by atoms with E-state index in [4.69, 9.17) is 8.83 Å². The van der Waals surface area contributed by atoms with Crippen LogP contribution in [0.25, 0.3) is 0 Å². The Kier molecular flexibility index (Phi) is 7.74. The van der Waals surface area contributed by atoms with Gasteiger partial charge in [0.25, 0.3) is 0 Å². The molecule has 2 heterocycles. The maximum Gasteiger partial charge on any atom is 0.240 e. The summed E-state index contributed by atoms with van der Waals surface area (Å²) in [6, 6.07) is 7.28. The zero-order valence-electron chi connectivity index (χ0n) is 16.7. The molecule has 0 saturated carbocycles. The van der Waals surface area contributed by atoms with Crippen LogP contribution < -0.4 is 10.9 Å². The van der Waals surface area contributed by atoms with Gasteiger partial charge in [0.15, 0.2) is 0 Å². The van der Waals surface area contributed by atoms with Crippen molar-refractivity contribution in [3.63, 3.8) is 0 Å². The number of hydrogen-bond donors (Lipinski definition) is 2. The van der Waals surface area contributed by atoms with Gasteiger partial charge in [0.1, 0.15) is 34.5 Å². The Bertz CT molecular complexity index is 804. The van der Waals surface area contributed by atoms with Crippen molar-refractivity contribution in [2.45, 2.75) is 53.4 Å². The number of amides is 2. The number of furan rings is 2. The van der Waals surface area contributed by atoms with Crippen molar-refractivity contribution in [3.8, 4) is 0 Å². The molecule has 28 heavy (non-hydrogen) atoms. The molecule has 2 aromatic rings. The van der Waals surface area contributed by atoms with E-state index in [1.54, 1.807) is 26.0 Å². The summed E-state index contributed by atoms with van der Waals surface area (Å²) in [5.41, 5.74) is 6.19. The number of rotatable bonds is 9. The van der Waals surface area contributed by atoms with Crippen LogP contribution in [0.3, 0.4) is 0 Å². The maximum absolute atomic E-state index is 11.8. The summed E-state index contributed by atoms with van der Waals surface area (Å²) in [5, 5.41) is 8.04. The van der Waals surface area contributed by atoms with Crippen LogP contribution >= 0.6 is 0 Å². The third kappa shape index (κ3) is 6.86. The van der Waals surface area contributed by atoms with E-state index in [1.807, 2.05) is 26.0 Å². The first-order valence-electron chi connectivity index (χ1n) is 9.15. The van der Waals surface area contributed by atoms with Crippen LogP contribution in [0.4, 0.5) is 0 Å². The Balaban J connectivity index is 1.63. The van der Waals surface area contributed by atoms with Crippen molar-refractivity contribution in [1.82, 2.24) is 10.9 Å². The Hall–Kier alpha value is -3.16. The molecule has 0 aliphatic rings. The number of hydrazone groups is 2. The van der Waals surface area contributed by atoms with Gasteiger partial charge in [0, 0.05) is 12.8 Å². The predicted octanol–water partition coefficient (Wildman–Crippen LogP) is 3.43. The molecule has 0 radical (unpaired) electrons. The van der Waals surface area contributed by atoms with E-state index in [0.717, 1.165) is 11.5 Å². The second-order valence-corrected chi connectivity index (χ2v) is 6.49. The van der Waals surface area contributed by atoms with Crippen LogP contribution in [0.2, 0.25) is 0 Å². The second-order valence-electron chi connectivity index (χ2n) is 6.49. The fraction of sp³-hybridized carbons (Fsp3) is 0.400. The molecule has 8 heteroatoms. The molecule has 0 bridgehead atoms. The molecule has 150 valence electrons. The third-order valence-corrected chi connectivity index (χ3v) is 3.95. The van der Waals surface area contributed by atoms with Gasteiger partial charge in [-0.15, -0.1) is 0 Å². The Labute approximate surface area is 164 Å². The van der Waals surface area contributed by atoms with Crippen molar-refractivity contribution in [1.29, 1.82) is 0 Å². The Morgan fingerprint density at radius 3 is 1.50 bits per heavy atom. The average molecular weight is 386 g/mol. The van der Waals surface area contributed by atoms with Gasteiger partial charge in [-0.05, 0) is 64.8 Å². The molecule has 2 aromatic heterocycles. The number of unbranched alkanes of at least 4 members (excludes halogenated alkanes) is 1. The lowest BCUT2D eigenvalue weighted by atomic mass is 10.2. The topological polar surface area (TPSA) is 109 Å². The van der Waals surface area contributed by atoms with Gasteiger partial charge >= 0.3 is 0 Å². The lowest BCUT2D eigenvalue weighted by molar-refractivity contribution is -0.123. The summed E-state index contributed by atoms with van der Waals surface area (Å²) in [6.07, 6.45) is 1.73. The van der Waals surface area contributed by atoms with Gasteiger partial charge < -0.3 is 8.83 Å². The molecular weight excluding hydrogens is 360 g/mol. The molecule has 0 aromatic carbocycles. The summed E-state index contributed by atoms with van der Waals surface area (Å²) in [5.74, 6) is 2.40. The molecular formula is C20H26N4O4. The second kappa shape index (κ2) is 10.2. The van der Waals surface area contributed by atoms with E-state index in [9.17, 15) is 9.59 Å². The molecule has 0 aliphatic heterocycles. The Morgan fingerprint density at radius 2 is 1.18 bits per heavy atom. The number of nitrogens with zero attached hydrogens (tertiary/aromatic N) is 2. The minimum Gasteiger partial charge on any atom is -0.460 e. The largest absolute Gasteiger partial charge is 0.460 e. The van der Waals surface area contributed by atoms with Gasteiger partial charge in [-0.1, -0.05) is 0 Å². The van der Waals surface area contributed by atoms with Crippen molar-refractivity contribution < 1.29 is 18.4 Å². The fourth-order valence-electron chi connectivity index (χ4n) is 2.34. The van der Waals surface area contributed by atoms with Gasteiger partial charge in [0.05, 0.1) is 0 Å². The van der Waals surface area contributed by atoms with Gasteiger partial charge in [-0.3, -0.25) is 9.59 Å². The number of nitrogens with one attached hydrogen (secondary N) is 2. The standard InChI is InChI=1S/C20H26N4O4/c1-13-9-11-17(27-13)15(3)21-23-19(25)7-5-6-8-20(26)24-22-16(4)18-12-10-14(2)28-18/h9-12H,5-8H2,1-4H3,(H,23,25)(H,24,26)/b21-15+,22-16+. The first kappa shape index (κ1) is 21.1. The zero-order chi connectivity index (χ0) is 20.5.